The maximum atomic E-state index is 12.6. The summed E-state index contributed by atoms with van der Waals surface area (Å²) in [5.41, 5.74) is 1.94. The SMILES string of the molecule is CN1CCN(C(=O)NCc2cc3n(n2)CCCN(C(=O)C2CCC2)C3)CC1. The summed E-state index contributed by atoms with van der Waals surface area (Å²) in [7, 11) is 2.08. The molecular formula is C19H30N6O2. The van der Waals surface area contributed by atoms with Gasteiger partial charge in [0.1, 0.15) is 0 Å². The van der Waals surface area contributed by atoms with E-state index in [0.717, 1.165) is 69.9 Å². The number of urea groups is 1. The lowest BCUT2D eigenvalue weighted by Crippen LogP contribution is -2.50. The molecule has 0 unspecified atom stereocenters. The van der Waals surface area contributed by atoms with Crippen LogP contribution in [0.3, 0.4) is 0 Å². The van der Waals surface area contributed by atoms with Crippen LogP contribution in [0.4, 0.5) is 4.79 Å². The molecule has 1 aromatic rings. The topological polar surface area (TPSA) is 73.7 Å². The molecule has 2 aliphatic heterocycles. The van der Waals surface area contributed by atoms with E-state index in [0.29, 0.717) is 19.0 Å². The highest BCUT2D eigenvalue weighted by atomic mass is 16.2. The summed E-state index contributed by atoms with van der Waals surface area (Å²) in [6.07, 6.45) is 4.19. The highest BCUT2D eigenvalue weighted by molar-refractivity contribution is 5.79. The first-order valence-electron chi connectivity index (χ1n) is 10.2. The molecule has 2 fully saturated rings. The fourth-order valence-electron chi connectivity index (χ4n) is 4.00. The number of aryl methyl sites for hydroxylation is 1. The minimum absolute atomic E-state index is 0.0203. The van der Waals surface area contributed by atoms with Gasteiger partial charge in [-0.1, -0.05) is 6.42 Å². The Bertz CT molecular complexity index is 690. The maximum absolute atomic E-state index is 12.6. The molecule has 0 radical (unpaired) electrons. The van der Waals surface area contributed by atoms with Gasteiger partial charge in [0.2, 0.25) is 5.91 Å². The van der Waals surface area contributed by atoms with Gasteiger partial charge in [-0.2, -0.15) is 5.10 Å². The Morgan fingerprint density at radius 2 is 1.85 bits per heavy atom. The summed E-state index contributed by atoms with van der Waals surface area (Å²) in [6, 6.07) is 2.02. The predicted molar refractivity (Wildman–Crippen MR) is 101 cm³/mol. The number of likely N-dealkylation sites (N-methyl/N-ethyl adjacent to an activating group) is 1. The van der Waals surface area contributed by atoms with Crippen LogP contribution in [0.1, 0.15) is 37.1 Å². The Balaban J connectivity index is 1.33. The van der Waals surface area contributed by atoms with E-state index in [9.17, 15) is 9.59 Å². The number of piperazine rings is 1. The first-order chi connectivity index (χ1) is 13.1. The van der Waals surface area contributed by atoms with Crippen LogP contribution >= 0.6 is 0 Å². The molecule has 0 spiro atoms. The predicted octanol–water partition coefficient (Wildman–Crippen LogP) is 0.873. The Morgan fingerprint density at radius 3 is 2.56 bits per heavy atom. The highest BCUT2D eigenvalue weighted by Gasteiger charge is 2.31. The van der Waals surface area contributed by atoms with Gasteiger partial charge < -0.3 is 20.0 Å². The fourth-order valence-corrected chi connectivity index (χ4v) is 4.00. The molecule has 0 aromatic carbocycles. The second-order valence-corrected chi connectivity index (χ2v) is 8.04. The van der Waals surface area contributed by atoms with Gasteiger partial charge in [-0.3, -0.25) is 9.48 Å². The summed E-state index contributed by atoms with van der Waals surface area (Å²) in [5.74, 6) is 0.544. The Hall–Kier alpha value is -2.09. The molecule has 1 saturated heterocycles. The van der Waals surface area contributed by atoms with Crippen LogP contribution in [0, 0.1) is 5.92 Å². The second kappa shape index (κ2) is 7.88. The van der Waals surface area contributed by atoms with E-state index >= 15 is 0 Å². The molecule has 27 heavy (non-hydrogen) atoms. The minimum atomic E-state index is -0.0203. The van der Waals surface area contributed by atoms with Crippen molar-refractivity contribution in [3.05, 3.63) is 17.5 Å². The van der Waals surface area contributed by atoms with E-state index in [1.165, 1.54) is 6.42 Å². The number of hydrogen-bond acceptors (Lipinski definition) is 4. The van der Waals surface area contributed by atoms with Crippen molar-refractivity contribution < 1.29 is 9.59 Å². The van der Waals surface area contributed by atoms with E-state index in [1.807, 2.05) is 20.5 Å². The van der Waals surface area contributed by atoms with Crippen molar-refractivity contribution >= 4 is 11.9 Å². The maximum Gasteiger partial charge on any atom is 0.317 e. The van der Waals surface area contributed by atoms with Crippen LogP contribution in [-0.2, 0) is 24.4 Å². The smallest absolute Gasteiger partial charge is 0.317 e. The summed E-state index contributed by atoms with van der Waals surface area (Å²) < 4.78 is 2.01. The lowest BCUT2D eigenvalue weighted by atomic mass is 9.84. The van der Waals surface area contributed by atoms with Crippen LogP contribution in [0.25, 0.3) is 0 Å². The van der Waals surface area contributed by atoms with E-state index in [1.54, 1.807) is 0 Å². The molecule has 1 N–H and O–H groups in total. The minimum Gasteiger partial charge on any atom is -0.337 e. The lowest BCUT2D eigenvalue weighted by Gasteiger charge is -2.32. The van der Waals surface area contributed by atoms with Gasteiger partial charge in [0.15, 0.2) is 0 Å². The third kappa shape index (κ3) is 4.10. The number of rotatable bonds is 3. The Morgan fingerprint density at radius 1 is 1.07 bits per heavy atom. The molecule has 3 amide bonds. The van der Waals surface area contributed by atoms with Crippen molar-refractivity contribution in [2.45, 2.75) is 45.3 Å². The van der Waals surface area contributed by atoms with E-state index < -0.39 is 0 Å². The molecule has 3 aliphatic rings. The van der Waals surface area contributed by atoms with Crippen molar-refractivity contribution in [2.75, 3.05) is 39.8 Å². The quantitative estimate of drug-likeness (QED) is 0.852. The monoisotopic (exact) mass is 374 g/mol. The largest absolute Gasteiger partial charge is 0.337 e. The van der Waals surface area contributed by atoms with Gasteiger partial charge in [-0.25, -0.2) is 4.79 Å². The number of nitrogens with one attached hydrogen (secondary N) is 1. The first kappa shape index (κ1) is 18.3. The Labute approximate surface area is 160 Å². The average Bonchev–Trinajstić information content (AvgIpc) is 2.89. The zero-order chi connectivity index (χ0) is 18.8. The number of hydrogen-bond donors (Lipinski definition) is 1. The van der Waals surface area contributed by atoms with Crippen LogP contribution in [0.15, 0.2) is 6.07 Å². The number of fused-ring (bicyclic) bond motifs is 1. The number of carbonyl (C=O) groups excluding carboxylic acids is 2. The third-order valence-electron chi connectivity index (χ3n) is 6.04. The summed E-state index contributed by atoms with van der Waals surface area (Å²) in [6.45, 7) is 6.06. The van der Waals surface area contributed by atoms with E-state index in [2.05, 4.69) is 22.4 Å². The molecule has 1 aliphatic carbocycles. The summed E-state index contributed by atoms with van der Waals surface area (Å²) in [4.78, 5) is 31.0. The average molecular weight is 374 g/mol. The van der Waals surface area contributed by atoms with Crippen molar-refractivity contribution in [1.82, 2.24) is 29.8 Å². The zero-order valence-corrected chi connectivity index (χ0v) is 16.2. The number of nitrogens with zero attached hydrogens (tertiary/aromatic N) is 5. The van der Waals surface area contributed by atoms with Crippen LogP contribution < -0.4 is 5.32 Å². The number of aromatic nitrogens is 2. The lowest BCUT2D eigenvalue weighted by molar-refractivity contribution is -0.138. The van der Waals surface area contributed by atoms with Crippen LogP contribution in [-0.4, -0.2) is 76.2 Å². The molecule has 0 bridgehead atoms. The molecule has 148 valence electrons. The van der Waals surface area contributed by atoms with Gasteiger partial charge in [0.25, 0.3) is 0 Å². The van der Waals surface area contributed by atoms with Crippen molar-refractivity contribution in [1.29, 1.82) is 0 Å². The van der Waals surface area contributed by atoms with Crippen molar-refractivity contribution in [3.8, 4) is 0 Å². The molecule has 8 nitrogen and oxygen atoms in total. The van der Waals surface area contributed by atoms with Crippen molar-refractivity contribution in [2.24, 2.45) is 5.92 Å². The van der Waals surface area contributed by atoms with E-state index in [4.69, 9.17) is 0 Å². The normalized spacial score (nSPS) is 21.4. The number of amides is 3. The van der Waals surface area contributed by atoms with Crippen LogP contribution in [0.2, 0.25) is 0 Å². The number of carbonyl (C=O) groups is 2. The van der Waals surface area contributed by atoms with Gasteiger partial charge in [-0.05, 0) is 32.4 Å². The van der Waals surface area contributed by atoms with Gasteiger partial charge in [0, 0.05) is 45.2 Å². The first-order valence-corrected chi connectivity index (χ1v) is 10.2. The van der Waals surface area contributed by atoms with Crippen molar-refractivity contribution in [3.63, 3.8) is 0 Å². The van der Waals surface area contributed by atoms with Gasteiger partial charge >= 0.3 is 6.03 Å². The van der Waals surface area contributed by atoms with E-state index in [-0.39, 0.29) is 11.9 Å². The third-order valence-corrected chi connectivity index (χ3v) is 6.04. The molecule has 1 saturated carbocycles. The van der Waals surface area contributed by atoms with Gasteiger partial charge in [0.05, 0.1) is 24.5 Å². The Kier molecular flexibility index (Phi) is 5.33. The van der Waals surface area contributed by atoms with Crippen LogP contribution in [0.5, 0.6) is 0 Å². The molecule has 1 aromatic heterocycles. The molecule has 4 rings (SSSR count). The highest BCUT2D eigenvalue weighted by Crippen LogP contribution is 2.29. The molecule has 3 heterocycles. The molecule has 0 atom stereocenters. The molecule has 8 heteroatoms. The standard InChI is InChI=1S/C19H30N6O2/c1-22-8-10-23(11-9-22)19(27)20-13-16-12-17-14-24(6-3-7-25(17)21-16)18(26)15-4-2-5-15/h12,15H,2-11,13-14H2,1H3,(H,20,27). The van der Waals surface area contributed by atoms with Gasteiger partial charge in [-0.15, -0.1) is 0 Å². The fraction of sp³-hybridized carbons (Fsp3) is 0.737. The zero-order valence-electron chi connectivity index (χ0n) is 16.2. The second-order valence-electron chi connectivity index (χ2n) is 8.04. The molecular weight excluding hydrogens is 344 g/mol. The summed E-state index contributed by atoms with van der Waals surface area (Å²) in [5, 5.41) is 7.64. The summed E-state index contributed by atoms with van der Waals surface area (Å²) >= 11 is 0.